The number of morpholine rings is 1. The number of carbonyl (C=O) groups is 1. The number of nitrogens with zero attached hydrogens (tertiary/aromatic N) is 1. The summed E-state index contributed by atoms with van der Waals surface area (Å²) in [5, 5.41) is 3.30. The van der Waals surface area contributed by atoms with Crippen molar-refractivity contribution < 1.29 is 14.3 Å². The highest BCUT2D eigenvalue weighted by atomic mass is 16.5. The van der Waals surface area contributed by atoms with Gasteiger partial charge in [-0.25, -0.2) is 0 Å². The van der Waals surface area contributed by atoms with Gasteiger partial charge in [-0.05, 0) is 13.8 Å². The smallest absolute Gasteiger partial charge is 0.224 e. The lowest BCUT2D eigenvalue weighted by Crippen LogP contribution is -2.43. The van der Waals surface area contributed by atoms with Crippen LogP contribution in [0.15, 0.2) is 0 Å². The van der Waals surface area contributed by atoms with Crippen LogP contribution in [0.25, 0.3) is 0 Å². The molecule has 1 aliphatic rings. The molecule has 1 saturated heterocycles. The topological polar surface area (TPSA) is 50.8 Å². The average molecular weight is 244 g/mol. The minimum Gasteiger partial charge on any atom is -0.380 e. The molecule has 1 fully saturated rings. The summed E-state index contributed by atoms with van der Waals surface area (Å²) in [6.45, 7) is 7.55. The molecular weight excluding hydrogens is 220 g/mol. The Morgan fingerprint density at radius 3 is 2.65 bits per heavy atom. The van der Waals surface area contributed by atoms with E-state index in [0.29, 0.717) is 26.2 Å². The highest BCUT2D eigenvalue weighted by molar-refractivity contribution is 5.76. The first-order valence-electron chi connectivity index (χ1n) is 6.27. The molecule has 1 rings (SSSR count). The van der Waals surface area contributed by atoms with Crippen molar-refractivity contribution in [2.45, 2.75) is 32.4 Å². The van der Waals surface area contributed by atoms with Crippen LogP contribution in [0.3, 0.4) is 0 Å². The van der Waals surface area contributed by atoms with Crippen molar-refractivity contribution in [3.63, 3.8) is 0 Å². The predicted octanol–water partition coefficient (Wildman–Crippen LogP) is 0.248. The third kappa shape index (κ3) is 5.02. The van der Waals surface area contributed by atoms with E-state index in [-0.39, 0.29) is 18.1 Å². The van der Waals surface area contributed by atoms with E-state index in [4.69, 9.17) is 9.47 Å². The Labute approximate surface area is 103 Å². The van der Waals surface area contributed by atoms with Crippen LogP contribution in [-0.2, 0) is 14.3 Å². The van der Waals surface area contributed by atoms with E-state index in [0.717, 1.165) is 13.1 Å². The van der Waals surface area contributed by atoms with Crippen molar-refractivity contribution in [3.8, 4) is 0 Å². The molecule has 100 valence electrons. The summed E-state index contributed by atoms with van der Waals surface area (Å²) >= 11 is 0. The molecule has 5 nitrogen and oxygen atoms in total. The molecule has 0 aromatic heterocycles. The zero-order chi connectivity index (χ0) is 12.7. The second kappa shape index (κ2) is 7.63. The molecule has 0 bridgehead atoms. The normalized spacial score (nSPS) is 20.1. The number of carbonyl (C=O) groups excluding carboxylic acids is 1. The van der Waals surface area contributed by atoms with Gasteiger partial charge in [-0.15, -0.1) is 0 Å². The maximum atomic E-state index is 11.8. The van der Waals surface area contributed by atoms with Crippen molar-refractivity contribution in [2.75, 3.05) is 40.0 Å². The van der Waals surface area contributed by atoms with Crippen molar-refractivity contribution >= 4 is 5.91 Å². The van der Waals surface area contributed by atoms with Gasteiger partial charge in [-0.2, -0.15) is 0 Å². The molecule has 5 heteroatoms. The largest absolute Gasteiger partial charge is 0.380 e. The van der Waals surface area contributed by atoms with E-state index >= 15 is 0 Å². The van der Waals surface area contributed by atoms with Gasteiger partial charge in [0.15, 0.2) is 0 Å². The first-order valence-corrected chi connectivity index (χ1v) is 6.27. The summed E-state index contributed by atoms with van der Waals surface area (Å²) in [5.74, 6) is 0.207. The second-order valence-corrected chi connectivity index (χ2v) is 4.43. The molecular formula is C12H24N2O3. The molecule has 0 aromatic rings. The van der Waals surface area contributed by atoms with Gasteiger partial charge in [0.05, 0.1) is 19.3 Å². The lowest BCUT2D eigenvalue weighted by Gasteiger charge is -2.27. The number of amides is 1. The maximum absolute atomic E-state index is 11.8. The van der Waals surface area contributed by atoms with Gasteiger partial charge in [0.2, 0.25) is 5.91 Å². The highest BCUT2D eigenvalue weighted by Gasteiger charge is 2.17. The zero-order valence-electron chi connectivity index (χ0n) is 11.1. The Morgan fingerprint density at radius 2 is 2.06 bits per heavy atom. The minimum atomic E-state index is 0.161. The molecule has 0 aliphatic carbocycles. The fourth-order valence-corrected chi connectivity index (χ4v) is 1.75. The lowest BCUT2D eigenvalue weighted by atomic mass is 10.2. The molecule has 2 unspecified atom stereocenters. The van der Waals surface area contributed by atoms with E-state index in [1.807, 2.05) is 11.8 Å². The highest BCUT2D eigenvalue weighted by Crippen LogP contribution is 2.00. The Bertz CT molecular complexity index is 230. The molecule has 2 atom stereocenters. The maximum Gasteiger partial charge on any atom is 0.224 e. The van der Waals surface area contributed by atoms with Crippen molar-refractivity contribution in [2.24, 2.45) is 0 Å². The Hall–Kier alpha value is -0.650. The van der Waals surface area contributed by atoms with Crippen LogP contribution in [0.5, 0.6) is 0 Å². The van der Waals surface area contributed by atoms with E-state index in [1.54, 1.807) is 7.11 Å². The van der Waals surface area contributed by atoms with Crippen LogP contribution < -0.4 is 5.32 Å². The standard InChI is InChI=1S/C12H24N2O3/c1-10(11(2)16-3)13-5-4-12(15)14-6-8-17-9-7-14/h10-11,13H,4-9H2,1-3H3. The van der Waals surface area contributed by atoms with Gasteiger partial charge in [-0.1, -0.05) is 0 Å². The molecule has 1 aliphatic heterocycles. The number of hydrogen-bond donors (Lipinski definition) is 1. The summed E-state index contributed by atoms with van der Waals surface area (Å²) in [5.41, 5.74) is 0. The second-order valence-electron chi connectivity index (χ2n) is 4.43. The summed E-state index contributed by atoms with van der Waals surface area (Å²) in [6, 6.07) is 0.262. The van der Waals surface area contributed by atoms with Crippen molar-refractivity contribution in [1.29, 1.82) is 0 Å². The van der Waals surface area contributed by atoms with E-state index in [1.165, 1.54) is 0 Å². The van der Waals surface area contributed by atoms with Gasteiger partial charge in [-0.3, -0.25) is 4.79 Å². The van der Waals surface area contributed by atoms with Gasteiger partial charge in [0, 0.05) is 39.2 Å². The zero-order valence-corrected chi connectivity index (χ0v) is 11.1. The van der Waals surface area contributed by atoms with Gasteiger partial charge in [0.25, 0.3) is 0 Å². The summed E-state index contributed by atoms with van der Waals surface area (Å²) in [4.78, 5) is 13.7. The van der Waals surface area contributed by atoms with Crippen molar-refractivity contribution in [1.82, 2.24) is 10.2 Å². The molecule has 17 heavy (non-hydrogen) atoms. The van der Waals surface area contributed by atoms with Crippen LogP contribution in [0.1, 0.15) is 20.3 Å². The van der Waals surface area contributed by atoms with E-state index in [9.17, 15) is 4.79 Å². The first-order chi connectivity index (χ1) is 8.15. The monoisotopic (exact) mass is 244 g/mol. The first kappa shape index (κ1) is 14.4. The minimum absolute atomic E-state index is 0.161. The molecule has 0 spiro atoms. The number of hydrogen-bond acceptors (Lipinski definition) is 4. The Morgan fingerprint density at radius 1 is 1.41 bits per heavy atom. The molecule has 0 aromatic carbocycles. The predicted molar refractivity (Wildman–Crippen MR) is 66.0 cm³/mol. The van der Waals surface area contributed by atoms with Crippen LogP contribution in [0, 0.1) is 0 Å². The fourth-order valence-electron chi connectivity index (χ4n) is 1.75. The lowest BCUT2D eigenvalue weighted by molar-refractivity contribution is -0.135. The SMILES string of the molecule is COC(C)C(C)NCCC(=O)N1CCOCC1. The third-order valence-electron chi connectivity index (χ3n) is 3.24. The quantitative estimate of drug-likeness (QED) is 0.727. The number of rotatable bonds is 6. The van der Waals surface area contributed by atoms with Crippen molar-refractivity contribution in [3.05, 3.63) is 0 Å². The summed E-state index contributed by atoms with van der Waals surface area (Å²) < 4.78 is 10.4. The summed E-state index contributed by atoms with van der Waals surface area (Å²) in [6.07, 6.45) is 0.703. The van der Waals surface area contributed by atoms with Crippen LogP contribution >= 0.6 is 0 Å². The molecule has 0 saturated carbocycles. The van der Waals surface area contributed by atoms with Crippen LogP contribution in [0.2, 0.25) is 0 Å². The van der Waals surface area contributed by atoms with E-state index < -0.39 is 0 Å². The Kier molecular flexibility index (Phi) is 6.47. The Balaban J connectivity index is 2.15. The average Bonchev–Trinajstić information content (AvgIpc) is 2.38. The molecule has 1 amide bonds. The van der Waals surface area contributed by atoms with Gasteiger partial charge >= 0.3 is 0 Å². The molecule has 1 N–H and O–H groups in total. The van der Waals surface area contributed by atoms with Gasteiger partial charge < -0.3 is 19.7 Å². The van der Waals surface area contributed by atoms with E-state index in [2.05, 4.69) is 12.2 Å². The van der Waals surface area contributed by atoms with Gasteiger partial charge in [0.1, 0.15) is 0 Å². The fraction of sp³-hybridized carbons (Fsp3) is 0.917. The van der Waals surface area contributed by atoms with Crippen LogP contribution in [0.4, 0.5) is 0 Å². The molecule has 0 radical (unpaired) electrons. The van der Waals surface area contributed by atoms with Crippen LogP contribution in [-0.4, -0.2) is 62.9 Å². The third-order valence-corrected chi connectivity index (χ3v) is 3.24. The number of ether oxygens (including phenoxy) is 2. The number of methoxy groups -OCH3 is 1. The molecule has 1 heterocycles. The number of nitrogens with one attached hydrogen (secondary N) is 1. The summed E-state index contributed by atoms with van der Waals surface area (Å²) in [7, 11) is 1.70.